The van der Waals surface area contributed by atoms with Crippen LogP contribution in [0.3, 0.4) is 0 Å². The average Bonchev–Trinajstić information content (AvgIpc) is 2.14. The molecule has 0 saturated carbocycles. The van der Waals surface area contributed by atoms with Gasteiger partial charge in [-0.25, -0.2) is 0 Å². The minimum absolute atomic E-state index is 0. The average molecular weight is 608 g/mol. The van der Waals surface area contributed by atoms with Crippen molar-refractivity contribution in [2.45, 2.75) is 16.5 Å². The maximum absolute atomic E-state index is 10.6. The quantitative estimate of drug-likeness (QED) is 0.237. The molecule has 0 fully saturated rings. The number of halogens is 9. The summed E-state index contributed by atoms with van der Waals surface area (Å²) in [5.41, 5.74) is -15.2. The molecule has 0 aromatic carbocycles. The minimum Gasteiger partial charge on any atom is -0.416 e. The molecule has 0 aliphatic carbocycles. The Balaban J connectivity index is -0.000000108. The minimum atomic E-state index is -5.08. The summed E-state index contributed by atoms with van der Waals surface area (Å²) in [6.45, 7) is 0. The van der Waals surface area contributed by atoms with Gasteiger partial charge < -0.3 is 25.3 Å². The van der Waals surface area contributed by atoms with Crippen molar-refractivity contribution in [1.82, 2.24) is 0 Å². The molecule has 0 bridgehead atoms. The van der Waals surface area contributed by atoms with Gasteiger partial charge in [-0.15, -0.1) is 0 Å². The second kappa shape index (κ2) is 11.6. The molecule has 0 rings (SSSR count). The summed E-state index contributed by atoms with van der Waals surface area (Å²) in [6, 6.07) is 0. The molecule has 19 heteroatoms. The smallest absolute Gasteiger partial charge is 0.416 e. The number of hydrogen-bond donors (Lipinski definition) is 0. The van der Waals surface area contributed by atoms with Crippen LogP contribution in [0.2, 0.25) is 0 Å². The van der Waals surface area contributed by atoms with Crippen molar-refractivity contribution < 1.29 is 64.8 Å². The van der Waals surface area contributed by atoms with Crippen LogP contribution in [-0.2, 0) is 57.4 Å². The van der Waals surface area contributed by atoms with E-state index in [9.17, 15) is 39.5 Å². The topological polar surface area (TPSA) is 102 Å². The van der Waals surface area contributed by atoms with Gasteiger partial charge in [0, 0.05) is 32.1 Å². The molecule has 134 valence electrons. The third-order valence-corrected chi connectivity index (χ3v) is 1.70. The van der Waals surface area contributed by atoms with Crippen molar-refractivity contribution >= 4 is 58.3 Å². The number of alkyl halides is 9. The van der Waals surface area contributed by atoms with Crippen molar-refractivity contribution in [2.24, 2.45) is 0 Å². The normalized spacial score (nSPS) is 12.0. The summed E-state index contributed by atoms with van der Waals surface area (Å²) < 4.78 is 148. The molecule has 2 radical (unpaired) electrons. The molecule has 0 atom stereocenters. The molecule has 0 aliphatic rings. The number of hydrogen-bond acceptors (Lipinski definition) is 9. The first-order valence-electron chi connectivity index (χ1n) is 3.31. The van der Waals surface area contributed by atoms with Crippen LogP contribution in [0.1, 0.15) is 0 Å². The summed E-state index contributed by atoms with van der Waals surface area (Å²) in [5.74, 6) is 0. The number of rotatable bonds is 0. The largest absolute Gasteiger partial charge is 3.00 e. The van der Waals surface area contributed by atoms with Crippen LogP contribution in [0.25, 0.3) is 0 Å². The second-order valence-corrected chi connectivity index (χ2v) is 4.84. The predicted octanol–water partition coefficient (Wildman–Crippen LogP) is 2.07. The molecule has 0 N–H and O–H groups in total. The Hall–Kier alpha value is 0.103. The summed E-state index contributed by atoms with van der Waals surface area (Å²) in [7, 11) is -11.8. The van der Waals surface area contributed by atoms with Crippen LogP contribution in [-0.4, -0.2) is 42.7 Å². The molecule has 0 unspecified atom stereocenters. The molecule has 0 aromatic heterocycles. The van der Waals surface area contributed by atoms with E-state index in [2.05, 4.69) is 0 Å². The van der Waals surface area contributed by atoms with Crippen LogP contribution < -0.4 is 0 Å². The standard InChI is InChI=1S/3CF3O2S.Bi/c3*2-1(3,4)7(5)6;/q3*-1;+3. The third kappa shape index (κ3) is 22.4. The fourth-order valence-corrected chi connectivity index (χ4v) is 0. The van der Waals surface area contributed by atoms with E-state index in [-0.39, 0.29) is 26.2 Å². The van der Waals surface area contributed by atoms with E-state index < -0.39 is 48.6 Å². The summed E-state index contributed by atoms with van der Waals surface area (Å²) >= 11 is 0. The van der Waals surface area contributed by atoms with Gasteiger partial charge in [-0.2, -0.15) is 39.5 Å². The van der Waals surface area contributed by atoms with E-state index in [0.717, 1.165) is 0 Å². The van der Waals surface area contributed by atoms with E-state index in [1.165, 1.54) is 0 Å². The fourth-order valence-electron chi connectivity index (χ4n) is 0. The Morgan fingerprint density at radius 1 is 0.409 bits per heavy atom. The molecule has 6 nitrogen and oxygen atoms in total. The van der Waals surface area contributed by atoms with E-state index in [0.29, 0.717) is 0 Å². The van der Waals surface area contributed by atoms with Crippen molar-refractivity contribution in [3.63, 3.8) is 0 Å². The van der Waals surface area contributed by atoms with E-state index >= 15 is 0 Å². The van der Waals surface area contributed by atoms with Crippen LogP contribution in [0, 0.1) is 0 Å². The van der Waals surface area contributed by atoms with Gasteiger partial charge >= 0.3 is 42.7 Å². The third-order valence-electron chi connectivity index (χ3n) is 0.567. The molecule has 0 heterocycles. The SMILES string of the molecule is O=[S-](=O)C(F)(F)F.O=[S-](=O)C(F)(F)F.O=[S-](=O)C(F)(F)F.[Bi+3]. The first-order valence-corrected chi connectivity index (χ1v) is 6.54. The Bertz CT molecular complexity index is 422. The fraction of sp³-hybridized carbons (Fsp3) is 1.00. The van der Waals surface area contributed by atoms with Gasteiger partial charge in [-0.1, -0.05) is 0 Å². The predicted molar refractivity (Wildman–Crippen MR) is 50.1 cm³/mol. The van der Waals surface area contributed by atoms with Crippen LogP contribution in [0.5, 0.6) is 0 Å². The summed E-state index contributed by atoms with van der Waals surface area (Å²) in [5, 5.41) is 0. The van der Waals surface area contributed by atoms with Gasteiger partial charge in [0.05, 0.1) is 0 Å². The van der Waals surface area contributed by atoms with E-state index in [1.807, 2.05) is 0 Å². The first kappa shape index (κ1) is 30.0. The van der Waals surface area contributed by atoms with Crippen LogP contribution >= 0.6 is 0 Å². The zero-order chi connectivity index (χ0) is 18.2. The van der Waals surface area contributed by atoms with Crippen molar-refractivity contribution in [2.75, 3.05) is 0 Å². The van der Waals surface area contributed by atoms with Gasteiger partial charge in [0.1, 0.15) is 0 Å². The molecule has 0 spiro atoms. The Labute approximate surface area is 139 Å². The maximum Gasteiger partial charge on any atom is 3.00 e. The molecular weight excluding hydrogens is 608 g/mol. The summed E-state index contributed by atoms with van der Waals surface area (Å²) in [4.78, 5) is 0. The second-order valence-electron chi connectivity index (χ2n) is 2.04. The van der Waals surface area contributed by atoms with Gasteiger partial charge in [0.15, 0.2) is 0 Å². The monoisotopic (exact) mass is 608 g/mol. The van der Waals surface area contributed by atoms with Gasteiger partial charge in [0.25, 0.3) is 0 Å². The molecular formula is C3BiF9O6S3. The zero-order valence-electron chi connectivity index (χ0n) is 9.02. The molecule has 0 aromatic rings. The van der Waals surface area contributed by atoms with Crippen molar-refractivity contribution in [3.8, 4) is 0 Å². The van der Waals surface area contributed by atoms with Crippen LogP contribution in [0.15, 0.2) is 0 Å². The Morgan fingerprint density at radius 2 is 0.455 bits per heavy atom. The molecule has 22 heavy (non-hydrogen) atoms. The van der Waals surface area contributed by atoms with Gasteiger partial charge in [-0.05, 0) is 0 Å². The Morgan fingerprint density at radius 3 is 0.455 bits per heavy atom. The maximum atomic E-state index is 10.6. The zero-order valence-corrected chi connectivity index (χ0v) is 14.9. The molecule has 0 aliphatic heterocycles. The molecule has 0 saturated heterocycles. The van der Waals surface area contributed by atoms with E-state index in [1.54, 1.807) is 0 Å². The van der Waals surface area contributed by atoms with Crippen molar-refractivity contribution in [1.29, 1.82) is 0 Å². The summed E-state index contributed by atoms with van der Waals surface area (Å²) in [6.07, 6.45) is 0. The van der Waals surface area contributed by atoms with Crippen molar-refractivity contribution in [3.05, 3.63) is 0 Å². The van der Waals surface area contributed by atoms with Crippen LogP contribution in [0.4, 0.5) is 39.5 Å². The van der Waals surface area contributed by atoms with E-state index in [4.69, 9.17) is 25.3 Å². The molecule has 0 amide bonds. The van der Waals surface area contributed by atoms with Gasteiger partial charge in [0.2, 0.25) is 0 Å². The Kier molecular flexibility index (Phi) is 15.9. The first-order chi connectivity index (χ1) is 8.83. The van der Waals surface area contributed by atoms with Gasteiger partial charge in [-0.3, -0.25) is 0 Å².